The van der Waals surface area contributed by atoms with Gasteiger partial charge in [-0.15, -0.1) is 0 Å². The lowest BCUT2D eigenvalue weighted by molar-refractivity contribution is -0.0172. The number of nitrogens with one attached hydrogen (secondary N) is 1. The zero-order valence-electron chi connectivity index (χ0n) is 13.3. The summed E-state index contributed by atoms with van der Waals surface area (Å²) in [7, 11) is 0. The van der Waals surface area contributed by atoms with Crippen LogP contribution in [0.15, 0.2) is 36.7 Å². The van der Waals surface area contributed by atoms with Gasteiger partial charge in [-0.3, -0.25) is 0 Å². The first-order valence-corrected chi connectivity index (χ1v) is 8.24. The fraction of sp³-hybridized carbons (Fsp3) is 0.222. The van der Waals surface area contributed by atoms with Crippen LogP contribution in [0.5, 0.6) is 5.75 Å². The highest BCUT2D eigenvalue weighted by atomic mass is 35.5. The minimum atomic E-state index is -0.287. The van der Waals surface area contributed by atoms with Crippen molar-refractivity contribution in [3.05, 3.63) is 58.6 Å². The fourth-order valence-corrected chi connectivity index (χ4v) is 3.10. The van der Waals surface area contributed by atoms with Gasteiger partial charge < -0.3 is 14.8 Å². The standard InChI is InChI=1S/C18H15ClFN3O2/c19-13-1-2-15-16(7-13)22-9-23-18(15)21-4-3-11-5-14(20)6-12-8-24-10-25-17(11)12/h1-2,5-7,9H,3-4,8,10H2,(H,21,22,23). The number of aromatic nitrogens is 2. The average Bonchev–Trinajstić information content (AvgIpc) is 2.61. The summed E-state index contributed by atoms with van der Waals surface area (Å²) in [6.45, 7) is 1.13. The maximum Gasteiger partial charge on any atom is 0.189 e. The third-order valence-electron chi connectivity index (χ3n) is 4.04. The van der Waals surface area contributed by atoms with Gasteiger partial charge in [0.15, 0.2) is 6.79 Å². The van der Waals surface area contributed by atoms with Gasteiger partial charge >= 0.3 is 0 Å². The van der Waals surface area contributed by atoms with Crippen molar-refractivity contribution in [2.45, 2.75) is 13.0 Å². The van der Waals surface area contributed by atoms with Gasteiger partial charge in [0.25, 0.3) is 0 Å². The molecule has 1 aromatic heterocycles. The quantitative estimate of drug-likeness (QED) is 0.764. The van der Waals surface area contributed by atoms with E-state index in [4.69, 9.17) is 21.1 Å². The summed E-state index contributed by atoms with van der Waals surface area (Å²) in [6.07, 6.45) is 2.09. The van der Waals surface area contributed by atoms with E-state index in [9.17, 15) is 4.39 Å². The molecule has 0 spiro atoms. The molecule has 0 unspecified atom stereocenters. The van der Waals surface area contributed by atoms with Crippen molar-refractivity contribution in [1.82, 2.24) is 9.97 Å². The molecule has 2 aromatic carbocycles. The van der Waals surface area contributed by atoms with E-state index in [-0.39, 0.29) is 12.6 Å². The number of nitrogens with zero attached hydrogens (tertiary/aromatic N) is 2. The van der Waals surface area contributed by atoms with E-state index in [0.717, 1.165) is 27.8 Å². The zero-order chi connectivity index (χ0) is 17.2. The van der Waals surface area contributed by atoms with Crippen molar-refractivity contribution >= 4 is 28.3 Å². The molecule has 0 atom stereocenters. The molecular weight excluding hydrogens is 345 g/mol. The SMILES string of the molecule is Fc1cc(CCNc2ncnc3cc(Cl)ccc23)c2c(c1)COCO2. The summed E-state index contributed by atoms with van der Waals surface area (Å²) in [5, 5.41) is 4.79. The molecule has 2 heterocycles. The highest BCUT2D eigenvalue weighted by Gasteiger charge is 2.16. The van der Waals surface area contributed by atoms with Crippen LogP contribution in [0.1, 0.15) is 11.1 Å². The molecule has 1 aliphatic rings. The van der Waals surface area contributed by atoms with Crippen molar-refractivity contribution in [3.63, 3.8) is 0 Å². The molecule has 0 aliphatic carbocycles. The Kier molecular flexibility index (Phi) is 4.38. The second-order valence-electron chi connectivity index (χ2n) is 5.72. The number of anilines is 1. The summed E-state index contributed by atoms with van der Waals surface area (Å²) in [5.41, 5.74) is 2.32. The van der Waals surface area contributed by atoms with Gasteiger partial charge in [0, 0.05) is 22.5 Å². The lowest BCUT2D eigenvalue weighted by atomic mass is 10.1. The molecule has 7 heteroatoms. The summed E-state index contributed by atoms with van der Waals surface area (Å²) >= 11 is 6.00. The van der Waals surface area contributed by atoms with Crippen LogP contribution >= 0.6 is 11.6 Å². The first kappa shape index (κ1) is 16.1. The molecule has 0 saturated carbocycles. The van der Waals surface area contributed by atoms with Crippen LogP contribution in [-0.4, -0.2) is 23.3 Å². The number of hydrogen-bond donors (Lipinski definition) is 1. The Morgan fingerprint density at radius 2 is 2.12 bits per heavy atom. The van der Waals surface area contributed by atoms with Crippen molar-refractivity contribution in [2.24, 2.45) is 0 Å². The minimum Gasteiger partial charge on any atom is -0.467 e. The molecule has 0 fully saturated rings. The summed E-state index contributed by atoms with van der Waals surface area (Å²) < 4.78 is 24.5. The van der Waals surface area contributed by atoms with Gasteiger partial charge in [-0.25, -0.2) is 14.4 Å². The molecule has 0 bridgehead atoms. The first-order chi connectivity index (χ1) is 12.2. The van der Waals surface area contributed by atoms with Gasteiger partial charge in [0.2, 0.25) is 0 Å². The molecule has 0 saturated heterocycles. The maximum atomic E-state index is 13.8. The predicted molar refractivity (Wildman–Crippen MR) is 93.4 cm³/mol. The second kappa shape index (κ2) is 6.82. The number of ether oxygens (including phenoxy) is 2. The Balaban J connectivity index is 1.53. The van der Waals surface area contributed by atoms with Crippen LogP contribution in [0.4, 0.5) is 10.2 Å². The number of benzene rings is 2. The molecule has 0 radical (unpaired) electrons. The monoisotopic (exact) mass is 359 g/mol. The number of rotatable bonds is 4. The molecular formula is C18H15ClFN3O2. The second-order valence-corrected chi connectivity index (χ2v) is 6.16. The third-order valence-corrected chi connectivity index (χ3v) is 4.27. The molecule has 5 nitrogen and oxygen atoms in total. The largest absolute Gasteiger partial charge is 0.467 e. The highest BCUT2D eigenvalue weighted by Crippen LogP contribution is 2.30. The molecule has 0 amide bonds. The number of halogens is 2. The van der Waals surface area contributed by atoms with E-state index >= 15 is 0 Å². The van der Waals surface area contributed by atoms with Crippen molar-refractivity contribution in [3.8, 4) is 5.75 Å². The molecule has 4 rings (SSSR count). The summed E-state index contributed by atoms with van der Waals surface area (Å²) in [4.78, 5) is 8.50. The lowest BCUT2D eigenvalue weighted by Crippen LogP contribution is -2.15. The van der Waals surface area contributed by atoms with Crippen molar-refractivity contribution in [2.75, 3.05) is 18.7 Å². The van der Waals surface area contributed by atoms with E-state index in [1.54, 1.807) is 12.1 Å². The van der Waals surface area contributed by atoms with Gasteiger partial charge in [-0.2, -0.15) is 0 Å². The van der Waals surface area contributed by atoms with E-state index in [1.165, 1.54) is 18.5 Å². The van der Waals surface area contributed by atoms with E-state index in [1.807, 2.05) is 6.07 Å². The maximum absolute atomic E-state index is 13.8. The Bertz CT molecular complexity index is 936. The Hall–Kier alpha value is -2.44. The van der Waals surface area contributed by atoms with Crippen LogP contribution < -0.4 is 10.1 Å². The van der Waals surface area contributed by atoms with Crippen LogP contribution in [0.25, 0.3) is 10.9 Å². The van der Waals surface area contributed by atoms with Crippen molar-refractivity contribution in [1.29, 1.82) is 0 Å². The number of hydrogen-bond acceptors (Lipinski definition) is 5. The van der Waals surface area contributed by atoms with Crippen molar-refractivity contribution < 1.29 is 13.9 Å². The topological polar surface area (TPSA) is 56.3 Å². The van der Waals surface area contributed by atoms with Gasteiger partial charge in [-0.1, -0.05) is 11.6 Å². The third kappa shape index (κ3) is 3.36. The van der Waals surface area contributed by atoms with Crippen LogP contribution in [0, 0.1) is 5.82 Å². The number of fused-ring (bicyclic) bond motifs is 2. The van der Waals surface area contributed by atoms with Crippen LogP contribution in [0.3, 0.4) is 0 Å². The molecule has 1 N–H and O–H groups in total. The molecule has 3 aromatic rings. The smallest absolute Gasteiger partial charge is 0.189 e. The molecule has 25 heavy (non-hydrogen) atoms. The average molecular weight is 360 g/mol. The Labute approximate surface area is 148 Å². The highest BCUT2D eigenvalue weighted by molar-refractivity contribution is 6.31. The van der Waals surface area contributed by atoms with E-state index in [0.29, 0.717) is 30.3 Å². The van der Waals surface area contributed by atoms with Gasteiger partial charge in [0.1, 0.15) is 23.7 Å². The lowest BCUT2D eigenvalue weighted by Gasteiger charge is -2.21. The minimum absolute atomic E-state index is 0.191. The van der Waals surface area contributed by atoms with Crippen LogP contribution in [-0.2, 0) is 17.8 Å². The molecule has 1 aliphatic heterocycles. The van der Waals surface area contributed by atoms with Crippen LogP contribution in [0.2, 0.25) is 5.02 Å². The first-order valence-electron chi connectivity index (χ1n) is 7.87. The van der Waals surface area contributed by atoms with E-state index in [2.05, 4.69) is 15.3 Å². The summed E-state index contributed by atoms with van der Waals surface area (Å²) in [6, 6.07) is 8.43. The normalized spacial score (nSPS) is 13.4. The Morgan fingerprint density at radius 3 is 3.04 bits per heavy atom. The predicted octanol–water partition coefficient (Wildman–Crippen LogP) is 3.94. The summed E-state index contributed by atoms with van der Waals surface area (Å²) in [5.74, 6) is 1.15. The zero-order valence-corrected chi connectivity index (χ0v) is 14.0. The van der Waals surface area contributed by atoms with E-state index < -0.39 is 0 Å². The Morgan fingerprint density at radius 1 is 1.20 bits per heavy atom. The van der Waals surface area contributed by atoms with Gasteiger partial charge in [0.05, 0.1) is 12.1 Å². The fourth-order valence-electron chi connectivity index (χ4n) is 2.93. The molecule has 128 valence electrons. The van der Waals surface area contributed by atoms with Gasteiger partial charge in [-0.05, 0) is 42.3 Å².